The van der Waals surface area contributed by atoms with Crippen LogP contribution in [0, 0.1) is 16.0 Å². The van der Waals surface area contributed by atoms with E-state index in [1.807, 2.05) is 6.07 Å². The Bertz CT molecular complexity index is 423. The molecule has 0 aliphatic heterocycles. The van der Waals surface area contributed by atoms with Crippen molar-refractivity contribution in [3.8, 4) is 0 Å². The molecule has 5 heteroatoms. The van der Waals surface area contributed by atoms with Crippen LogP contribution < -0.4 is 5.32 Å². The number of halogens is 1. The number of nitrogens with one attached hydrogen (secondary N) is 1. The average molecular weight is 315 g/mol. The van der Waals surface area contributed by atoms with Crippen LogP contribution >= 0.6 is 15.9 Å². The molecule has 0 saturated carbocycles. The second-order valence-electron chi connectivity index (χ2n) is 4.63. The molecule has 18 heavy (non-hydrogen) atoms. The highest BCUT2D eigenvalue weighted by molar-refractivity contribution is 9.10. The number of nitrogens with zero attached hydrogens (tertiary/aromatic N) is 1. The molecular weight excluding hydrogens is 296 g/mol. The summed E-state index contributed by atoms with van der Waals surface area (Å²) >= 11 is 3.30. The first-order chi connectivity index (χ1) is 8.43. The fourth-order valence-corrected chi connectivity index (χ4v) is 2.20. The van der Waals surface area contributed by atoms with E-state index in [0.29, 0.717) is 18.5 Å². The molecule has 0 heterocycles. The normalized spacial score (nSPS) is 14.2. The lowest BCUT2D eigenvalue weighted by Crippen LogP contribution is -2.31. The van der Waals surface area contributed by atoms with Gasteiger partial charge in [-0.1, -0.05) is 36.2 Å². The van der Waals surface area contributed by atoms with Crippen molar-refractivity contribution < 1.29 is 4.92 Å². The van der Waals surface area contributed by atoms with Gasteiger partial charge in [0, 0.05) is 29.2 Å². The summed E-state index contributed by atoms with van der Waals surface area (Å²) in [5.41, 5.74) is 1.04. The Morgan fingerprint density at radius 1 is 1.39 bits per heavy atom. The van der Waals surface area contributed by atoms with Crippen LogP contribution in [0.1, 0.15) is 32.8 Å². The molecule has 1 rings (SSSR count). The van der Waals surface area contributed by atoms with E-state index in [9.17, 15) is 10.1 Å². The number of rotatable bonds is 6. The van der Waals surface area contributed by atoms with Crippen LogP contribution in [0.25, 0.3) is 0 Å². The number of hydrogen-bond donors (Lipinski definition) is 1. The summed E-state index contributed by atoms with van der Waals surface area (Å²) in [4.78, 5) is 10.4. The fraction of sp³-hybridized carbons (Fsp3) is 0.538. The molecule has 0 spiro atoms. The molecule has 1 aromatic rings. The number of nitro groups is 1. The van der Waals surface area contributed by atoms with Gasteiger partial charge >= 0.3 is 0 Å². The second-order valence-corrected chi connectivity index (χ2v) is 5.55. The Hall–Kier alpha value is -0.940. The van der Waals surface area contributed by atoms with Gasteiger partial charge in [-0.25, -0.2) is 0 Å². The van der Waals surface area contributed by atoms with Crippen molar-refractivity contribution in [2.45, 2.75) is 39.8 Å². The van der Waals surface area contributed by atoms with Gasteiger partial charge in [0.1, 0.15) is 0 Å². The molecule has 0 aliphatic rings. The minimum atomic E-state index is -0.369. The lowest BCUT2D eigenvalue weighted by molar-refractivity contribution is -0.385. The number of non-ortho nitro benzene ring substituents is 1. The zero-order chi connectivity index (χ0) is 13.7. The molecule has 0 saturated heterocycles. The van der Waals surface area contributed by atoms with Crippen molar-refractivity contribution in [1.29, 1.82) is 0 Å². The molecule has 0 fully saturated rings. The van der Waals surface area contributed by atoms with Crippen LogP contribution in [-0.4, -0.2) is 11.0 Å². The monoisotopic (exact) mass is 314 g/mol. The summed E-state index contributed by atoms with van der Waals surface area (Å²) in [7, 11) is 0. The minimum absolute atomic E-state index is 0.123. The highest BCUT2D eigenvalue weighted by atomic mass is 79.9. The van der Waals surface area contributed by atoms with Gasteiger partial charge in [-0.05, 0) is 24.5 Å². The molecule has 0 bridgehead atoms. The summed E-state index contributed by atoms with van der Waals surface area (Å²) in [6.45, 7) is 7.14. The van der Waals surface area contributed by atoms with Crippen molar-refractivity contribution >= 4 is 21.6 Å². The summed E-state index contributed by atoms with van der Waals surface area (Å²) in [6, 6.07) is 5.43. The van der Waals surface area contributed by atoms with E-state index in [-0.39, 0.29) is 10.6 Å². The van der Waals surface area contributed by atoms with Crippen LogP contribution in [-0.2, 0) is 6.54 Å². The van der Waals surface area contributed by atoms with Gasteiger partial charge in [-0.2, -0.15) is 0 Å². The fourth-order valence-electron chi connectivity index (χ4n) is 1.67. The molecule has 2 atom stereocenters. The maximum absolute atomic E-state index is 10.8. The summed E-state index contributed by atoms with van der Waals surface area (Å²) < 4.78 is 0.740. The first kappa shape index (κ1) is 15.1. The van der Waals surface area contributed by atoms with Crippen molar-refractivity contribution in [3.05, 3.63) is 38.3 Å². The van der Waals surface area contributed by atoms with Gasteiger partial charge < -0.3 is 5.32 Å². The second kappa shape index (κ2) is 6.85. The Balaban J connectivity index is 2.70. The van der Waals surface area contributed by atoms with E-state index in [0.717, 1.165) is 16.5 Å². The van der Waals surface area contributed by atoms with E-state index >= 15 is 0 Å². The van der Waals surface area contributed by atoms with Crippen LogP contribution in [0.4, 0.5) is 5.69 Å². The third-order valence-corrected chi connectivity index (χ3v) is 3.74. The van der Waals surface area contributed by atoms with Crippen molar-refractivity contribution in [2.75, 3.05) is 0 Å². The molecule has 0 aromatic heterocycles. The van der Waals surface area contributed by atoms with Crippen molar-refractivity contribution in [3.63, 3.8) is 0 Å². The van der Waals surface area contributed by atoms with E-state index in [4.69, 9.17) is 0 Å². The quantitative estimate of drug-likeness (QED) is 0.640. The number of nitro benzene ring substituents is 1. The maximum Gasteiger partial charge on any atom is 0.270 e. The predicted molar refractivity (Wildman–Crippen MR) is 76.6 cm³/mol. The Morgan fingerprint density at radius 2 is 2.06 bits per heavy atom. The van der Waals surface area contributed by atoms with Crippen LogP contribution in [0.3, 0.4) is 0 Å². The summed E-state index contributed by atoms with van der Waals surface area (Å²) in [5, 5.41) is 14.2. The standard InChI is InChI=1S/C13H19BrN2O2/c1-4-9(2)10(3)15-8-11-5-12(14)7-13(6-11)16(17)18/h5-7,9-10,15H,4,8H2,1-3H3. The molecule has 1 N–H and O–H groups in total. The Morgan fingerprint density at radius 3 is 2.61 bits per heavy atom. The zero-order valence-corrected chi connectivity index (χ0v) is 12.5. The minimum Gasteiger partial charge on any atom is -0.310 e. The van der Waals surface area contributed by atoms with Gasteiger partial charge in [-0.15, -0.1) is 0 Å². The van der Waals surface area contributed by atoms with E-state index < -0.39 is 0 Å². The van der Waals surface area contributed by atoms with Gasteiger partial charge in [0.15, 0.2) is 0 Å². The number of hydrogen-bond acceptors (Lipinski definition) is 3. The van der Waals surface area contributed by atoms with Crippen molar-refractivity contribution in [1.82, 2.24) is 5.32 Å². The molecule has 100 valence electrons. The van der Waals surface area contributed by atoms with Crippen LogP contribution in [0.15, 0.2) is 22.7 Å². The molecule has 0 amide bonds. The molecular formula is C13H19BrN2O2. The smallest absolute Gasteiger partial charge is 0.270 e. The van der Waals surface area contributed by atoms with Gasteiger partial charge in [0.2, 0.25) is 0 Å². The van der Waals surface area contributed by atoms with Crippen molar-refractivity contribution in [2.24, 2.45) is 5.92 Å². The van der Waals surface area contributed by atoms with Gasteiger partial charge in [0.05, 0.1) is 4.92 Å². The molecule has 4 nitrogen and oxygen atoms in total. The molecule has 2 unspecified atom stereocenters. The highest BCUT2D eigenvalue weighted by Gasteiger charge is 2.12. The predicted octanol–water partition coefficient (Wildman–Crippen LogP) is 3.88. The summed E-state index contributed by atoms with van der Waals surface area (Å²) in [6.07, 6.45) is 1.12. The third-order valence-electron chi connectivity index (χ3n) is 3.28. The molecule has 1 aromatic carbocycles. The van der Waals surface area contributed by atoms with Crippen LogP contribution in [0.2, 0.25) is 0 Å². The lowest BCUT2D eigenvalue weighted by Gasteiger charge is -2.19. The first-order valence-corrected chi connectivity index (χ1v) is 6.90. The molecule has 0 radical (unpaired) electrons. The summed E-state index contributed by atoms with van der Waals surface area (Å²) in [5.74, 6) is 0.590. The first-order valence-electron chi connectivity index (χ1n) is 6.11. The maximum atomic E-state index is 10.8. The van der Waals surface area contributed by atoms with Gasteiger partial charge in [0.25, 0.3) is 5.69 Å². The van der Waals surface area contributed by atoms with E-state index in [1.54, 1.807) is 6.07 Å². The topological polar surface area (TPSA) is 55.2 Å². The largest absolute Gasteiger partial charge is 0.310 e. The Kier molecular flexibility index (Phi) is 5.75. The van der Waals surface area contributed by atoms with E-state index in [1.165, 1.54) is 6.07 Å². The lowest BCUT2D eigenvalue weighted by atomic mass is 10.0. The number of benzene rings is 1. The Labute approximate surface area is 116 Å². The van der Waals surface area contributed by atoms with Gasteiger partial charge in [-0.3, -0.25) is 10.1 Å². The SMILES string of the molecule is CCC(C)C(C)NCc1cc(Br)cc([N+](=O)[O-])c1. The third kappa shape index (κ3) is 4.38. The molecule has 0 aliphatic carbocycles. The highest BCUT2D eigenvalue weighted by Crippen LogP contribution is 2.21. The average Bonchev–Trinajstić information content (AvgIpc) is 2.34. The zero-order valence-electron chi connectivity index (χ0n) is 10.9. The van der Waals surface area contributed by atoms with E-state index in [2.05, 4.69) is 42.0 Å². The van der Waals surface area contributed by atoms with Crippen LogP contribution in [0.5, 0.6) is 0 Å².